The van der Waals surface area contributed by atoms with Gasteiger partial charge in [0.1, 0.15) is 6.61 Å². The molecule has 2 aromatic rings. The number of hydrogen-bond acceptors (Lipinski definition) is 3. The maximum Gasteiger partial charge on any atom is 0.165 e. The monoisotopic (exact) mass is 265 g/mol. The van der Waals surface area contributed by atoms with Crippen molar-refractivity contribution in [1.29, 1.82) is 0 Å². The molecule has 1 aromatic carbocycles. The van der Waals surface area contributed by atoms with E-state index in [9.17, 15) is 4.39 Å². The molecule has 0 bridgehead atoms. The van der Waals surface area contributed by atoms with Crippen LogP contribution in [0.5, 0.6) is 5.75 Å². The van der Waals surface area contributed by atoms with E-state index in [0.29, 0.717) is 18.9 Å². The fourth-order valence-electron chi connectivity index (χ4n) is 1.64. The molecule has 2 rings (SSSR count). The first-order valence-electron chi connectivity index (χ1n) is 5.93. The van der Waals surface area contributed by atoms with Crippen LogP contribution < -0.4 is 10.1 Å². The summed E-state index contributed by atoms with van der Waals surface area (Å²) >= 11 is 1.61. The van der Waals surface area contributed by atoms with Crippen molar-refractivity contribution in [2.75, 3.05) is 6.54 Å². The van der Waals surface area contributed by atoms with Crippen molar-refractivity contribution in [2.45, 2.75) is 20.1 Å². The third kappa shape index (κ3) is 3.31. The van der Waals surface area contributed by atoms with Crippen LogP contribution in [0.2, 0.25) is 0 Å². The molecule has 96 valence electrons. The summed E-state index contributed by atoms with van der Waals surface area (Å²) in [5.74, 6) is 0.0466. The fourth-order valence-corrected chi connectivity index (χ4v) is 2.30. The van der Waals surface area contributed by atoms with Crippen LogP contribution >= 0.6 is 11.3 Å². The van der Waals surface area contributed by atoms with Crippen LogP contribution in [0.1, 0.15) is 18.1 Å². The maximum atomic E-state index is 13.8. The van der Waals surface area contributed by atoms with Crippen LogP contribution in [0.3, 0.4) is 0 Å². The summed E-state index contributed by atoms with van der Waals surface area (Å²) in [7, 11) is 0. The zero-order valence-electron chi connectivity index (χ0n) is 10.3. The van der Waals surface area contributed by atoms with Crippen LogP contribution in [0, 0.1) is 5.82 Å². The van der Waals surface area contributed by atoms with Gasteiger partial charge in [-0.15, -0.1) is 0 Å². The Balaban J connectivity index is 2.09. The Bertz CT molecular complexity index is 485. The van der Waals surface area contributed by atoms with Crippen molar-refractivity contribution in [3.63, 3.8) is 0 Å². The highest BCUT2D eigenvalue weighted by atomic mass is 32.1. The number of para-hydroxylation sites is 1. The number of rotatable bonds is 6. The average Bonchev–Trinajstić information content (AvgIpc) is 2.88. The Morgan fingerprint density at radius 3 is 2.94 bits per heavy atom. The topological polar surface area (TPSA) is 21.3 Å². The number of hydrogen-bond donors (Lipinski definition) is 1. The highest BCUT2D eigenvalue weighted by Gasteiger charge is 2.09. The summed E-state index contributed by atoms with van der Waals surface area (Å²) in [5.41, 5.74) is 1.92. The summed E-state index contributed by atoms with van der Waals surface area (Å²) < 4.78 is 19.4. The lowest BCUT2D eigenvalue weighted by Crippen LogP contribution is -2.13. The second-order valence-corrected chi connectivity index (χ2v) is 4.71. The first kappa shape index (κ1) is 13.1. The van der Waals surface area contributed by atoms with Gasteiger partial charge in [-0.25, -0.2) is 4.39 Å². The van der Waals surface area contributed by atoms with Crippen molar-refractivity contribution in [2.24, 2.45) is 0 Å². The third-order valence-corrected chi connectivity index (χ3v) is 3.31. The molecule has 1 aromatic heterocycles. The van der Waals surface area contributed by atoms with Crippen molar-refractivity contribution >= 4 is 11.3 Å². The minimum absolute atomic E-state index is 0.305. The minimum Gasteiger partial charge on any atom is -0.485 e. The molecule has 2 nitrogen and oxygen atoms in total. The summed E-state index contributed by atoms with van der Waals surface area (Å²) in [6, 6.07) is 7.00. The van der Waals surface area contributed by atoms with Gasteiger partial charge in [-0.3, -0.25) is 0 Å². The van der Waals surface area contributed by atoms with Crippen LogP contribution in [0.4, 0.5) is 4.39 Å². The molecule has 1 N–H and O–H groups in total. The minimum atomic E-state index is -0.305. The van der Waals surface area contributed by atoms with Crippen molar-refractivity contribution in [1.82, 2.24) is 5.32 Å². The summed E-state index contributed by atoms with van der Waals surface area (Å²) in [6.07, 6.45) is 0. The molecule has 0 saturated carbocycles. The second kappa shape index (κ2) is 6.52. The van der Waals surface area contributed by atoms with Gasteiger partial charge in [0, 0.05) is 12.1 Å². The predicted octanol–water partition coefficient (Wildman–Crippen LogP) is 3.58. The summed E-state index contributed by atoms with van der Waals surface area (Å²) in [6.45, 7) is 3.89. The Morgan fingerprint density at radius 1 is 1.33 bits per heavy atom. The molecule has 0 amide bonds. The number of halogens is 1. The molecule has 0 saturated heterocycles. The molecule has 0 spiro atoms. The Labute approximate surface area is 110 Å². The lowest BCUT2D eigenvalue weighted by molar-refractivity contribution is 0.286. The van der Waals surface area contributed by atoms with Crippen LogP contribution in [-0.4, -0.2) is 6.54 Å². The highest BCUT2D eigenvalue weighted by Crippen LogP contribution is 2.24. The smallest absolute Gasteiger partial charge is 0.165 e. The highest BCUT2D eigenvalue weighted by molar-refractivity contribution is 7.07. The number of benzene rings is 1. The van der Waals surface area contributed by atoms with E-state index in [0.717, 1.165) is 17.7 Å². The van der Waals surface area contributed by atoms with E-state index in [2.05, 4.69) is 5.32 Å². The normalized spacial score (nSPS) is 10.6. The molecular formula is C14H16FNOS. The van der Waals surface area contributed by atoms with Crippen molar-refractivity contribution < 1.29 is 9.13 Å². The summed E-state index contributed by atoms with van der Waals surface area (Å²) in [5, 5.41) is 7.17. The molecule has 18 heavy (non-hydrogen) atoms. The van der Waals surface area contributed by atoms with E-state index >= 15 is 0 Å². The lowest BCUT2D eigenvalue weighted by atomic mass is 10.2. The molecule has 0 aliphatic heterocycles. The first-order valence-corrected chi connectivity index (χ1v) is 6.87. The van der Waals surface area contributed by atoms with E-state index in [4.69, 9.17) is 4.74 Å². The number of nitrogens with one attached hydrogen (secondary N) is 1. The third-order valence-electron chi connectivity index (χ3n) is 2.58. The van der Waals surface area contributed by atoms with Gasteiger partial charge in [-0.1, -0.05) is 19.1 Å². The molecule has 0 aliphatic carbocycles. The zero-order chi connectivity index (χ0) is 12.8. The molecular weight excluding hydrogens is 249 g/mol. The Morgan fingerprint density at radius 2 is 2.22 bits per heavy atom. The molecule has 1 heterocycles. The molecule has 4 heteroatoms. The van der Waals surface area contributed by atoms with Gasteiger partial charge < -0.3 is 10.1 Å². The van der Waals surface area contributed by atoms with Gasteiger partial charge in [0.25, 0.3) is 0 Å². The molecule has 0 fully saturated rings. The average molecular weight is 265 g/mol. The largest absolute Gasteiger partial charge is 0.485 e. The van der Waals surface area contributed by atoms with Crippen molar-refractivity contribution in [3.05, 3.63) is 52.0 Å². The van der Waals surface area contributed by atoms with E-state index in [1.165, 1.54) is 6.07 Å². The Hall–Kier alpha value is -1.39. The second-order valence-electron chi connectivity index (χ2n) is 3.93. The standard InChI is InChI=1S/C14H16FNOS/c1-2-16-8-12-4-3-5-13(15)14(12)17-9-11-6-7-18-10-11/h3-7,10,16H,2,8-9H2,1H3. The van der Waals surface area contributed by atoms with E-state index < -0.39 is 0 Å². The molecule has 0 aliphatic rings. The van der Waals surface area contributed by atoms with E-state index in [1.54, 1.807) is 17.4 Å². The van der Waals surface area contributed by atoms with Gasteiger partial charge in [-0.2, -0.15) is 11.3 Å². The van der Waals surface area contributed by atoms with Gasteiger partial charge >= 0.3 is 0 Å². The molecule has 0 unspecified atom stereocenters. The predicted molar refractivity (Wildman–Crippen MR) is 72.4 cm³/mol. The van der Waals surface area contributed by atoms with Crippen LogP contribution in [0.25, 0.3) is 0 Å². The van der Waals surface area contributed by atoms with Gasteiger partial charge in [0.05, 0.1) is 0 Å². The first-order chi connectivity index (χ1) is 8.81. The van der Waals surface area contributed by atoms with Gasteiger partial charge in [0.15, 0.2) is 11.6 Å². The number of thiophene rings is 1. The van der Waals surface area contributed by atoms with E-state index in [-0.39, 0.29) is 5.82 Å². The quantitative estimate of drug-likeness (QED) is 0.862. The number of ether oxygens (including phenoxy) is 1. The molecule has 0 radical (unpaired) electrons. The zero-order valence-corrected chi connectivity index (χ0v) is 11.1. The summed E-state index contributed by atoms with van der Waals surface area (Å²) in [4.78, 5) is 0. The lowest BCUT2D eigenvalue weighted by Gasteiger charge is -2.12. The SMILES string of the molecule is CCNCc1cccc(F)c1OCc1ccsc1. The van der Waals surface area contributed by atoms with Gasteiger partial charge in [0.2, 0.25) is 0 Å². The van der Waals surface area contributed by atoms with Crippen LogP contribution in [-0.2, 0) is 13.2 Å². The molecule has 0 atom stereocenters. The maximum absolute atomic E-state index is 13.8. The van der Waals surface area contributed by atoms with Crippen molar-refractivity contribution in [3.8, 4) is 5.75 Å². The van der Waals surface area contributed by atoms with Crippen LogP contribution in [0.15, 0.2) is 35.0 Å². The van der Waals surface area contributed by atoms with E-state index in [1.807, 2.05) is 29.8 Å². The Kier molecular flexibility index (Phi) is 4.73. The fraction of sp³-hybridized carbons (Fsp3) is 0.286. The van der Waals surface area contributed by atoms with Gasteiger partial charge in [-0.05, 0) is 35.0 Å².